The van der Waals surface area contributed by atoms with Gasteiger partial charge in [-0.05, 0) is 24.2 Å². The predicted octanol–water partition coefficient (Wildman–Crippen LogP) is 22.0. The third kappa shape index (κ3) is 45.4. The summed E-state index contributed by atoms with van der Waals surface area (Å²) in [6.45, 7) is 79.5. The molecule has 0 N–H and O–H groups in total. The maximum Gasteiger partial charge on any atom is 2.00 e. The van der Waals surface area contributed by atoms with Crippen molar-refractivity contribution in [3.8, 4) is 0 Å². The Morgan fingerprint density at radius 2 is 0.817 bits per heavy atom. The van der Waals surface area contributed by atoms with Crippen LogP contribution in [0.25, 0.3) is 0 Å². The molecule has 71 heavy (non-hydrogen) atoms. The summed E-state index contributed by atoms with van der Waals surface area (Å²) in [6.07, 6.45) is 31.8. The smallest absolute Gasteiger partial charge is 0.369 e. The minimum Gasteiger partial charge on any atom is -0.369 e. The minimum absolute atomic E-state index is 0. The zero-order valence-corrected chi connectivity index (χ0v) is 69.2. The molecule has 4 aliphatic carbocycles. The Kier molecular flexibility index (Phi) is 58.2. The Bertz CT molecular complexity index is 1090. The zero-order chi connectivity index (χ0) is 51.9. The summed E-state index contributed by atoms with van der Waals surface area (Å²) in [4.78, 5) is 0. The molecular weight excluding hydrogens is 1880 g/mol. The quantitative estimate of drug-likeness (QED) is 0.247. The van der Waals surface area contributed by atoms with Crippen molar-refractivity contribution in [2.75, 3.05) is 0 Å². The van der Waals surface area contributed by atoms with E-state index in [0.29, 0.717) is 61.1 Å². The molecule has 6 heteroatoms. The van der Waals surface area contributed by atoms with Crippen molar-refractivity contribution < 1.29 is 126 Å². The summed E-state index contributed by atoms with van der Waals surface area (Å²) in [7, 11) is 0. The van der Waals surface area contributed by atoms with Crippen LogP contribution in [0.2, 0.25) is 0 Å². The van der Waals surface area contributed by atoms with E-state index >= 15 is 0 Å². The molecule has 0 saturated heterocycles. The first-order valence-electron chi connectivity index (χ1n) is 26.9. The molecule has 0 amide bonds. The van der Waals surface area contributed by atoms with Gasteiger partial charge in [0.05, 0.1) is 0 Å². The van der Waals surface area contributed by atoms with Crippen LogP contribution in [0.1, 0.15) is 267 Å². The van der Waals surface area contributed by atoms with Gasteiger partial charge in [0.15, 0.2) is 0 Å². The van der Waals surface area contributed by atoms with Crippen molar-refractivity contribution in [3.05, 3.63) is 80.6 Å². The normalized spacial score (nSPS) is 20.4. The SMILES string of the molecule is CC(C)(C)C1CCCCC1.CC(C)(C)[C-]1CC[CH-]CC1.[CH2-]C([CH2-])C(C)(C)C.[CH2-]C1(C(C)(C)C)CC[CH-]CC1.[CH2-]C1(C(C)(C)C)C[CH-]CC1.[CH2-]CC([CH2-])C(C)(C)C.[CH2-]CCC([CH2-])C(C)(C)C.[W+2].[W+2].[W+2].[W+2].[W+2].[W+2]. The van der Waals surface area contributed by atoms with Gasteiger partial charge in [-0.3, -0.25) is 5.92 Å². The molecule has 0 nitrogen and oxygen atoms in total. The van der Waals surface area contributed by atoms with Crippen LogP contribution in [-0.2, 0) is 126 Å². The van der Waals surface area contributed by atoms with Crippen LogP contribution in [0, 0.1) is 153 Å². The van der Waals surface area contributed by atoms with E-state index in [2.05, 4.69) is 220 Å². The third-order valence-electron chi connectivity index (χ3n) is 16.0. The first-order valence-corrected chi connectivity index (χ1v) is 26.9. The van der Waals surface area contributed by atoms with Gasteiger partial charge in [-0.15, -0.1) is 25.7 Å². The van der Waals surface area contributed by atoms with Crippen molar-refractivity contribution in [2.45, 2.75) is 267 Å². The zero-order valence-electron chi connectivity index (χ0n) is 51.6. The van der Waals surface area contributed by atoms with Crippen LogP contribution in [-0.4, -0.2) is 0 Å². The molecular formula is C65H124W6. The van der Waals surface area contributed by atoms with Gasteiger partial charge in [0.25, 0.3) is 0 Å². The van der Waals surface area contributed by atoms with E-state index in [-0.39, 0.29) is 132 Å². The molecule has 3 atom stereocenters. The van der Waals surface area contributed by atoms with Gasteiger partial charge in [-0.1, -0.05) is 192 Å². The van der Waals surface area contributed by atoms with Crippen LogP contribution in [0.15, 0.2) is 0 Å². The van der Waals surface area contributed by atoms with E-state index in [0.717, 1.165) is 25.2 Å². The molecule has 0 aromatic rings. The Morgan fingerprint density at radius 3 is 0.986 bits per heavy atom. The summed E-state index contributed by atoms with van der Waals surface area (Å²) in [5, 5.41) is 0. The molecule has 4 fully saturated rings. The Labute approximate surface area is 540 Å². The molecule has 0 aromatic heterocycles. The molecule has 0 aliphatic heterocycles. The van der Waals surface area contributed by atoms with Gasteiger partial charge in [-0.2, -0.15) is 53.8 Å². The van der Waals surface area contributed by atoms with Crippen LogP contribution in [0.4, 0.5) is 0 Å². The van der Waals surface area contributed by atoms with E-state index in [1.165, 1.54) is 103 Å². The summed E-state index contributed by atoms with van der Waals surface area (Å²) in [5.41, 5.74) is 3.42. The van der Waals surface area contributed by atoms with Crippen LogP contribution in [0.5, 0.6) is 0 Å². The number of rotatable bonds is 3. The average Bonchev–Trinajstić information content (AvgIpc) is 3.63. The van der Waals surface area contributed by atoms with Crippen molar-refractivity contribution in [2.24, 2.45) is 72.4 Å². The van der Waals surface area contributed by atoms with Crippen molar-refractivity contribution >= 4 is 0 Å². The first kappa shape index (κ1) is 94.4. The summed E-state index contributed by atoms with van der Waals surface area (Å²) >= 11 is 0. The van der Waals surface area contributed by atoms with Gasteiger partial charge in [0.2, 0.25) is 0 Å². The largest absolute Gasteiger partial charge is 2.00 e. The standard InChI is InChI=1S/C11H20.C10H18.C10H20.C10H18.C9H18.C8H16.C7H14.6W/c1-10(2,3)11(4)8-6-5-7-9-11;1-9(2,3)10(4)7-5-6-8-10;2*1-10(2,3)9-7-5-4-6-8-9;1-6-7-8(2)9(3,4)5;1-6-7(2)8(3,4)5;1-6(2)7(3,4)5;;;;;;/h5H,4,6-9H2,1-3H3;5H,4,6-8H2,1-3H3;9H,4-8H2,1-3H3;4H,5-8H2,1-3H3;8H,1-2,6-7H2,3-5H3;7H,1-2,6H2,3-5H3;6H,1-2H2,3-5H3;;;;;;/q2*-2;;4*-2;6*+2. The van der Waals surface area contributed by atoms with E-state index < -0.39 is 0 Å². The van der Waals surface area contributed by atoms with Crippen molar-refractivity contribution in [3.63, 3.8) is 0 Å². The topological polar surface area (TPSA) is 0 Å². The van der Waals surface area contributed by atoms with Crippen LogP contribution >= 0.6 is 0 Å². The molecule has 0 heterocycles. The third-order valence-corrected chi connectivity index (χ3v) is 16.0. The van der Waals surface area contributed by atoms with E-state index in [1.54, 1.807) is 5.92 Å². The number of hydrogen-bond donors (Lipinski definition) is 0. The van der Waals surface area contributed by atoms with Gasteiger partial charge in [0.1, 0.15) is 0 Å². The maximum atomic E-state index is 4.38. The summed E-state index contributed by atoms with van der Waals surface area (Å²) < 4.78 is 0. The first-order chi connectivity index (χ1) is 29.0. The second-order valence-electron chi connectivity index (χ2n) is 28.5. The van der Waals surface area contributed by atoms with Gasteiger partial charge < -0.3 is 80.6 Å². The Hall–Kier alpha value is 4.13. The molecule has 3 unspecified atom stereocenters. The fraction of sp³-hybridized carbons (Fsp3) is 0.815. The summed E-state index contributed by atoms with van der Waals surface area (Å²) in [5.74, 6) is 4.10. The molecule has 420 valence electrons. The Morgan fingerprint density at radius 1 is 0.479 bits per heavy atom. The molecule has 0 bridgehead atoms. The maximum absolute atomic E-state index is 4.38. The minimum atomic E-state index is 0. The molecule has 0 radical (unpaired) electrons. The van der Waals surface area contributed by atoms with Crippen molar-refractivity contribution in [1.29, 1.82) is 0 Å². The summed E-state index contributed by atoms with van der Waals surface area (Å²) in [6, 6.07) is 0. The van der Waals surface area contributed by atoms with Crippen LogP contribution in [0.3, 0.4) is 0 Å². The molecule has 0 spiro atoms. The fourth-order valence-corrected chi connectivity index (χ4v) is 7.97. The van der Waals surface area contributed by atoms with Gasteiger partial charge in [0, 0.05) is 0 Å². The molecule has 0 aromatic carbocycles. The molecule has 4 rings (SSSR count). The van der Waals surface area contributed by atoms with Gasteiger partial charge >= 0.3 is 126 Å². The molecule has 4 saturated carbocycles. The van der Waals surface area contributed by atoms with Crippen LogP contribution < -0.4 is 0 Å². The second-order valence-corrected chi connectivity index (χ2v) is 28.5. The fourth-order valence-electron chi connectivity index (χ4n) is 7.97. The second kappa shape index (κ2) is 43.8. The molecule has 4 aliphatic rings. The average molecular weight is 2010 g/mol. The predicted molar refractivity (Wildman–Crippen MR) is 302 cm³/mol. The van der Waals surface area contributed by atoms with E-state index in [9.17, 15) is 0 Å². The van der Waals surface area contributed by atoms with Crippen molar-refractivity contribution in [1.82, 2.24) is 0 Å². The Balaban J connectivity index is -0.0000000894. The van der Waals surface area contributed by atoms with E-state index in [4.69, 9.17) is 0 Å². The van der Waals surface area contributed by atoms with Gasteiger partial charge in [-0.25, -0.2) is 38.5 Å². The van der Waals surface area contributed by atoms with E-state index in [1.807, 2.05) is 0 Å². The monoisotopic (exact) mass is 2010 g/mol. The number of hydrogen-bond acceptors (Lipinski definition) is 0.